The maximum atomic E-state index is 5.42. The Morgan fingerprint density at radius 2 is 1.96 bits per heavy atom. The Kier molecular flexibility index (Phi) is 4.23. The largest absolute Gasteiger partial charge is 0.496 e. The molecule has 0 atom stereocenters. The third-order valence-corrected chi connectivity index (χ3v) is 5.08. The third-order valence-electron chi connectivity index (χ3n) is 3.99. The second-order valence-electron chi connectivity index (χ2n) is 5.54. The third kappa shape index (κ3) is 3.02. The van der Waals surface area contributed by atoms with E-state index >= 15 is 0 Å². The minimum Gasteiger partial charge on any atom is -0.496 e. The van der Waals surface area contributed by atoms with Crippen LogP contribution in [-0.4, -0.2) is 28.7 Å². The van der Waals surface area contributed by atoms with Gasteiger partial charge >= 0.3 is 0 Å². The lowest BCUT2D eigenvalue weighted by molar-refractivity contribution is 0.174. The van der Waals surface area contributed by atoms with E-state index in [9.17, 15) is 0 Å². The summed E-state index contributed by atoms with van der Waals surface area (Å²) in [6.07, 6.45) is 0. The highest BCUT2D eigenvalue weighted by atomic mass is 32.2. The molecule has 128 valence electrons. The molecule has 3 aromatic rings. The summed E-state index contributed by atoms with van der Waals surface area (Å²) in [5.74, 6) is 3.93. The number of hydrogen-bond acceptors (Lipinski definition) is 6. The number of hydrogen-bond donors (Lipinski definition) is 0. The first-order valence-electron chi connectivity index (χ1n) is 7.80. The number of benzene rings is 2. The first-order chi connectivity index (χ1) is 12.3. The summed E-state index contributed by atoms with van der Waals surface area (Å²) in [5.41, 5.74) is 2.08. The van der Waals surface area contributed by atoms with Crippen LogP contribution >= 0.6 is 11.8 Å². The van der Waals surface area contributed by atoms with E-state index in [-0.39, 0.29) is 6.79 Å². The Morgan fingerprint density at radius 3 is 2.84 bits per heavy atom. The van der Waals surface area contributed by atoms with Crippen LogP contribution in [0.5, 0.6) is 17.2 Å². The van der Waals surface area contributed by atoms with Crippen LogP contribution in [0.15, 0.2) is 47.6 Å². The Balaban J connectivity index is 1.53. The summed E-state index contributed by atoms with van der Waals surface area (Å²) in [6.45, 7) is 0.289. The van der Waals surface area contributed by atoms with Crippen molar-refractivity contribution in [3.8, 4) is 28.6 Å². The molecule has 1 aliphatic rings. The fourth-order valence-corrected chi connectivity index (χ4v) is 3.54. The van der Waals surface area contributed by atoms with Gasteiger partial charge in [0.1, 0.15) is 5.75 Å². The van der Waals surface area contributed by atoms with Gasteiger partial charge in [-0.25, -0.2) is 0 Å². The summed E-state index contributed by atoms with van der Waals surface area (Å²) in [6, 6.07) is 13.8. The zero-order valence-corrected chi connectivity index (χ0v) is 14.7. The molecule has 0 N–H and O–H groups in total. The van der Waals surface area contributed by atoms with E-state index in [4.69, 9.17) is 14.2 Å². The van der Waals surface area contributed by atoms with Crippen molar-refractivity contribution >= 4 is 11.8 Å². The molecule has 0 spiro atoms. The summed E-state index contributed by atoms with van der Waals surface area (Å²) in [7, 11) is 3.62. The quantitative estimate of drug-likeness (QED) is 0.653. The molecule has 2 heterocycles. The molecule has 0 radical (unpaired) electrons. The van der Waals surface area contributed by atoms with Crippen LogP contribution in [-0.2, 0) is 12.8 Å². The van der Waals surface area contributed by atoms with Crippen LogP contribution in [0.2, 0.25) is 0 Å². The number of aromatic nitrogens is 3. The number of nitrogens with zero attached hydrogens (tertiary/aromatic N) is 3. The van der Waals surface area contributed by atoms with Crippen LogP contribution in [0.25, 0.3) is 11.4 Å². The molecule has 0 saturated heterocycles. The summed E-state index contributed by atoms with van der Waals surface area (Å²) < 4.78 is 18.2. The Labute approximate surface area is 149 Å². The van der Waals surface area contributed by atoms with Crippen LogP contribution < -0.4 is 14.2 Å². The number of rotatable bonds is 5. The van der Waals surface area contributed by atoms with Crippen molar-refractivity contribution in [2.45, 2.75) is 10.9 Å². The van der Waals surface area contributed by atoms with E-state index in [0.29, 0.717) is 0 Å². The molecule has 2 aromatic carbocycles. The van der Waals surface area contributed by atoms with E-state index in [1.165, 1.54) is 0 Å². The van der Waals surface area contributed by atoms with Gasteiger partial charge in [-0.3, -0.25) is 0 Å². The topological polar surface area (TPSA) is 58.4 Å². The fraction of sp³-hybridized carbons (Fsp3) is 0.222. The lowest BCUT2D eigenvalue weighted by atomic mass is 10.2. The molecule has 0 aliphatic carbocycles. The van der Waals surface area contributed by atoms with Crippen molar-refractivity contribution in [3.63, 3.8) is 0 Å². The SMILES string of the molecule is COc1ccccc1-c1nnc(SCc2ccc3c(c2)OCO3)n1C. The molecular formula is C18H17N3O3S. The molecule has 0 unspecified atom stereocenters. The monoisotopic (exact) mass is 355 g/mol. The zero-order valence-electron chi connectivity index (χ0n) is 13.9. The van der Waals surface area contributed by atoms with Gasteiger partial charge in [-0.05, 0) is 29.8 Å². The van der Waals surface area contributed by atoms with Gasteiger partial charge in [-0.2, -0.15) is 0 Å². The number of ether oxygens (including phenoxy) is 3. The summed E-state index contributed by atoms with van der Waals surface area (Å²) in [4.78, 5) is 0. The zero-order chi connectivity index (χ0) is 17.2. The number of para-hydroxylation sites is 1. The number of thioether (sulfide) groups is 1. The van der Waals surface area contributed by atoms with Gasteiger partial charge in [0, 0.05) is 12.8 Å². The Bertz CT molecular complexity index is 910. The van der Waals surface area contributed by atoms with E-state index in [2.05, 4.69) is 10.2 Å². The predicted molar refractivity (Wildman–Crippen MR) is 95.1 cm³/mol. The van der Waals surface area contributed by atoms with Gasteiger partial charge in [-0.15, -0.1) is 10.2 Å². The van der Waals surface area contributed by atoms with Crippen LogP contribution in [0.3, 0.4) is 0 Å². The number of methoxy groups -OCH3 is 1. The van der Waals surface area contributed by atoms with Crippen molar-refractivity contribution < 1.29 is 14.2 Å². The van der Waals surface area contributed by atoms with Gasteiger partial charge in [-0.1, -0.05) is 30.0 Å². The summed E-state index contributed by atoms with van der Waals surface area (Å²) >= 11 is 1.63. The van der Waals surface area contributed by atoms with Crippen molar-refractivity contribution in [2.24, 2.45) is 7.05 Å². The maximum Gasteiger partial charge on any atom is 0.231 e. The van der Waals surface area contributed by atoms with E-state index < -0.39 is 0 Å². The molecular weight excluding hydrogens is 338 g/mol. The molecule has 0 saturated carbocycles. The molecule has 0 fully saturated rings. The minimum atomic E-state index is 0.289. The highest BCUT2D eigenvalue weighted by Crippen LogP contribution is 2.35. The standard InChI is InChI=1S/C18H17N3O3S/c1-21-17(13-5-3-4-6-14(13)22-2)19-20-18(21)25-10-12-7-8-15-16(9-12)24-11-23-15/h3-9H,10-11H2,1-2H3. The highest BCUT2D eigenvalue weighted by molar-refractivity contribution is 7.98. The molecule has 6 nitrogen and oxygen atoms in total. The van der Waals surface area contributed by atoms with Crippen molar-refractivity contribution in [3.05, 3.63) is 48.0 Å². The number of fused-ring (bicyclic) bond motifs is 1. The van der Waals surface area contributed by atoms with Crippen molar-refractivity contribution in [2.75, 3.05) is 13.9 Å². The molecule has 25 heavy (non-hydrogen) atoms. The van der Waals surface area contributed by atoms with E-state index in [0.717, 1.165) is 45.1 Å². The van der Waals surface area contributed by atoms with Crippen LogP contribution in [0.1, 0.15) is 5.56 Å². The molecule has 7 heteroatoms. The Hall–Kier alpha value is -2.67. The molecule has 4 rings (SSSR count). The molecule has 0 bridgehead atoms. The van der Waals surface area contributed by atoms with Gasteiger partial charge < -0.3 is 18.8 Å². The first-order valence-corrected chi connectivity index (χ1v) is 8.79. The molecule has 0 amide bonds. The average Bonchev–Trinajstić information content (AvgIpc) is 3.26. The van der Waals surface area contributed by atoms with E-state index in [1.54, 1.807) is 18.9 Å². The first kappa shape index (κ1) is 15.8. The Morgan fingerprint density at radius 1 is 1.12 bits per heavy atom. The smallest absolute Gasteiger partial charge is 0.231 e. The lowest BCUT2D eigenvalue weighted by Gasteiger charge is -2.08. The van der Waals surface area contributed by atoms with E-state index in [1.807, 2.05) is 54.1 Å². The van der Waals surface area contributed by atoms with Gasteiger partial charge in [0.15, 0.2) is 22.5 Å². The molecule has 1 aliphatic heterocycles. The average molecular weight is 355 g/mol. The van der Waals surface area contributed by atoms with Crippen LogP contribution in [0.4, 0.5) is 0 Å². The second kappa shape index (κ2) is 6.68. The minimum absolute atomic E-state index is 0.289. The van der Waals surface area contributed by atoms with Gasteiger partial charge in [0.2, 0.25) is 6.79 Å². The van der Waals surface area contributed by atoms with Crippen molar-refractivity contribution in [1.82, 2.24) is 14.8 Å². The maximum absolute atomic E-state index is 5.42. The van der Waals surface area contributed by atoms with Crippen molar-refractivity contribution in [1.29, 1.82) is 0 Å². The summed E-state index contributed by atoms with van der Waals surface area (Å²) in [5, 5.41) is 9.50. The second-order valence-corrected chi connectivity index (χ2v) is 6.48. The normalized spacial score (nSPS) is 12.4. The lowest BCUT2D eigenvalue weighted by Crippen LogP contribution is -1.97. The van der Waals surface area contributed by atoms with Gasteiger partial charge in [0.25, 0.3) is 0 Å². The fourth-order valence-electron chi connectivity index (χ4n) is 2.68. The predicted octanol–water partition coefficient (Wildman–Crippen LogP) is 3.51. The molecule has 1 aromatic heterocycles. The highest BCUT2D eigenvalue weighted by Gasteiger charge is 2.16. The van der Waals surface area contributed by atoms with Gasteiger partial charge in [0.05, 0.1) is 12.7 Å². The van der Waals surface area contributed by atoms with Crippen LogP contribution in [0, 0.1) is 0 Å².